The fraction of sp³-hybridized carbons (Fsp3) is 0.660. The number of aliphatic carboxylic acids is 1. The van der Waals surface area contributed by atoms with Gasteiger partial charge in [0.25, 0.3) is 0 Å². The van der Waals surface area contributed by atoms with Gasteiger partial charge in [0.1, 0.15) is 36.6 Å². The lowest BCUT2D eigenvalue weighted by Gasteiger charge is -2.42. The minimum absolute atomic E-state index is 0.0221. The van der Waals surface area contributed by atoms with Crippen LogP contribution < -0.4 is 0 Å². The molecule has 0 aliphatic carbocycles. The predicted molar refractivity (Wildman–Crippen MR) is 253 cm³/mol. The van der Waals surface area contributed by atoms with Crippen molar-refractivity contribution in [3.05, 3.63) is 96.7 Å². The van der Waals surface area contributed by atoms with Crippen molar-refractivity contribution in [1.82, 2.24) is 0 Å². The Morgan fingerprint density at radius 3 is 2.32 bits per heavy atom. The molecule has 0 radical (unpaired) electrons. The Morgan fingerprint density at radius 2 is 1.53 bits per heavy atom. The van der Waals surface area contributed by atoms with Crippen molar-refractivity contribution >= 4 is 11.9 Å². The molecule has 0 amide bonds. The van der Waals surface area contributed by atoms with E-state index in [0.717, 1.165) is 24.8 Å². The monoisotopic (exact) mass is 953 g/mol. The van der Waals surface area contributed by atoms with Gasteiger partial charge in [0.05, 0.1) is 55.4 Å². The lowest BCUT2D eigenvalue weighted by molar-refractivity contribution is -0.309. The zero-order valence-electron chi connectivity index (χ0n) is 40.0. The molecule has 0 spiro atoms. The summed E-state index contributed by atoms with van der Waals surface area (Å²) in [4.78, 5) is 24.1. The van der Waals surface area contributed by atoms with Gasteiger partial charge in [-0.2, -0.15) is 0 Å². The Bertz CT molecular complexity index is 1850. The van der Waals surface area contributed by atoms with Crippen molar-refractivity contribution in [2.75, 3.05) is 6.61 Å². The first kappa shape index (κ1) is 53.8. The number of ether oxygens (including phenoxy) is 7. The van der Waals surface area contributed by atoms with E-state index in [1.54, 1.807) is 12.2 Å². The Hall–Kier alpha value is -3.58. The van der Waals surface area contributed by atoms with E-state index >= 15 is 0 Å². The Morgan fingerprint density at radius 1 is 0.750 bits per heavy atom. The number of allylic oxidation sites excluding steroid dienone is 7. The number of hydrogen-bond acceptors (Lipinski definition) is 14. The molecule has 7 aliphatic heterocycles. The number of hydrogen-bond donors (Lipinski definition) is 6. The van der Waals surface area contributed by atoms with E-state index in [1.807, 2.05) is 62.5 Å². The fourth-order valence-corrected chi connectivity index (χ4v) is 9.84. The first-order valence-electron chi connectivity index (χ1n) is 24.7. The number of carbonyl (C=O) groups excluding carboxylic acids is 1. The van der Waals surface area contributed by atoms with Gasteiger partial charge in [-0.1, -0.05) is 106 Å². The molecule has 68 heavy (non-hydrogen) atoms. The highest BCUT2D eigenvalue weighted by atomic mass is 16.7. The molecule has 0 saturated carbocycles. The SMILES string of the molecule is CC(=CC(C)CCCCC(=O)O)C1OC2C=CC1OC(=O)C=CC=CC=CC1OC3CC1OC(C=CCC1OC(CC(OC4OC(CO)C(O)C(O)C4O)C=CCCC=CC2)CC(O)C1C)C3C. The second-order valence-electron chi connectivity index (χ2n) is 19.4. The average Bonchev–Trinajstić information content (AvgIpc) is 3.66. The number of carboxylic acid groups (broad SMARTS) is 1. The fourth-order valence-electron chi connectivity index (χ4n) is 9.84. The molecular formula is C53H76O15. The lowest BCUT2D eigenvalue weighted by Crippen LogP contribution is -2.59. The molecule has 15 nitrogen and oxygen atoms in total. The number of rotatable bonds is 10. The number of carbonyl (C=O) groups is 2. The van der Waals surface area contributed by atoms with E-state index < -0.39 is 79.8 Å². The molecule has 19 atom stereocenters. The standard InChI is InChI=1S/C53H76O15/c1-32(17-14-15-23-47(56)57)27-33(2)52-43-26-25-36(63-52)18-10-6-5-7-11-19-37(64-53-51(61)50(60)49(59)46(31-54)68-53)28-38-29-39(55)34(3)40(62-38)21-16-22-41-35(4)44-30-45(65-41)42(66-44)20-12-8-9-13-24-48(58)67-43/h6,8-13,16,19-20,22,24-27,32,34-46,49-55,59-61H,5,7,14-15,17-18,21,23,28-31H2,1-4H3,(H,56,57). The third-order valence-electron chi connectivity index (χ3n) is 13.9. The summed E-state index contributed by atoms with van der Waals surface area (Å²) in [6.45, 7) is 7.57. The topological polar surface area (TPSA) is 220 Å². The van der Waals surface area contributed by atoms with Crippen LogP contribution in [0.5, 0.6) is 0 Å². The predicted octanol–water partition coefficient (Wildman–Crippen LogP) is 5.65. The van der Waals surface area contributed by atoms with Gasteiger partial charge in [0, 0.05) is 37.2 Å². The number of esters is 1. The van der Waals surface area contributed by atoms with Crippen molar-refractivity contribution in [2.24, 2.45) is 17.8 Å². The highest BCUT2D eigenvalue weighted by molar-refractivity contribution is 5.82. The van der Waals surface area contributed by atoms with Crippen molar-refractivity contribution in [3.8, 4) is 0 Å². The van der Waals surface area contributed by atoms with Crippen molar-refractivity contribution in [2.45, 2.75) is 196 Å². The van der Waals surface area contributed by atoms with Crippen molar-refractivity contribution in [3.63, 3.8) is 0 Å². The highest BCUT2D eigenvalue weighted by Crippen LogP contribution is 2.39. The van der Waals surface area contributed by atoms with Gasteiger partial charge >= 0.3 is 11.9 Å². The molecule has 7 bridgehead atoms. The number of carboxylic acids is 1. The maximum atomic E-state index is 13.1. The average molecular weight is 953 g/mol. The molecule has 15 heteroatoms. The summed E-state index contributed by atoms with van der Waals surface area (Å²) in [5.74, 6) is -1.18. The molecule has 4 fully saturated rings. The summed E-state index contributed by atoms with van der Waals surface area (Å²) in [7, 11) is 0. The van der Waals surface area contributed by atoms with Gasteiger partial charge in [-0.25, -0.2) is 4.79 Å². The second kappa shape index (κ2) is 26.6. The molecular weight excluding hydrogens is 877 g/mol. The van der Waals surface area contributed by atoms with E-state index in [2.05, 4.69) is 38.2 Å². The zero-order chi connectivity index (χ0) is 48.7. The molecule has 6 N–H and O–H groups in total. The first-order chi connectivity index (χ1) is 32.7. The molecule has 378 valence electrons. The van der Waals surface area contributed by atoms with Crippen LogP contribution >= 0.6 is 0 Å². The van der Waals surface area contributed by atoms with E-state index in [9.17, 15) is 35.1 Å². The van der Waals surface area contributed by atoms with E-state index in [-0.39, 0.29) is 60.8 Å². The molecule has 7 heterocycles. The molecule has 7 aliphatic rings. The molecule has 0 aromatic heterocycles. The highest BCUT2D eigenvalue weighted by Gasteiger charge is 2.47. The van der Waals surface area contributed by atoms with Crippen molar-refractivity contribution < 1.29 is 73.4 Å². The summed E-state index contributed by atoms with van der Waals surface area (Å²) < 4.78 is 44.1. The van der Waals surface area contributed by atoms with Crippen LogP contribution in [-0.4, -0.2) is 147 Å². The van der Waals surface area contributed by atoms with Gasteiger partial charge in [0.2, 0.25) is 0 Å². The smallest absolute Gasteiger partial charge is 0.331 e. The van der Waals surface area contributed by atoms with Crippen LogP contribution in [0.2, 0.25) is 0 Å². The number of aliphatic hydroxyl groups excluding tert-OH is 5. The summed E-state index contributed by atoms with van der Waals surface area (Å²) >= 11 is 0. The number of aliphatic hydroxyl groups is 5. The number of unbranched alkanes of at least 4 members (excludes halogenated alkanes) is 1. The number of fused-ring (bicyclic) bond motifs is 13. The summed E-state index contributed by atoms with van der Waals surface area (Å²) in [6.07, 6.45) is 23.5. The Balaban J connectivity index is 1.20. The quantitative estimate of drug-likeness (QED) is 0.0886. The molecule has 0 aromatic rings. The molecule has 0 aromatic carbocycles. The van der Waals surface area contributed by atoms with Gasteiger partial charge in [0.15, 0.2) is 12.4 Å². The van der Waals surface area contributed by atoms with Crippen LogP contribution in [0.4, 0.5) is 0 Å². The molecule has 4 saturated heterocycles. The Labute approximate surface area is 401 Å². The lowest BCUT2D eigenvalue weighted by atomic mass is 9.86. The van der Waals surface area contributed by atoms with Crippen LogP contribution in [0.15, 0.2) is 96.7 Å². The van der Waals surface area contributed by atoms with Crippen LogP contribution in [0, 0.1) is 17.8 Å². The summed E-state index contributed by atoms with van der Waals surface area (Å²) in [5, 5.41) is 61.9. The van der Waals surface area contributed by atoms with Crippen LogP contribution in [0.3, 0.4) is 0 Å². The van der Waals surface area contributed by atoms with Gasteiger partial charge < -0.3 is 63.8 Å². The maximum Gasteiger partial charge on any atom is 0.331 e. The molecule has 7 rings (SSSR count). The molecule has 19 unspecified atom stereocenters. The maximum absolute atomic E-state index is 13.1. The third kappa shape index (κ3) is 15.5. The second-order valence-corrected chi connectivity index (χ2v) is 19.4. The minimum atomic E-state index is -1.60. The van der Waals surface area contributed by atoms with Crippen LogP contribution in [0.1, 0.15) is 98.3 Å². The van der Waals surface area contributed by atoms with Gasteiger partial charge in [-0.05, 0) is 69.4 Å². The van der Waals surface area contributed by atoms with Gasteiger partial charge in [-0.3, -0.25) is 4.79 Å². The minimum Gasteiger partial charge on any atom is -0.481 e. The largest absolute Gasteiger partial charge is 0.481 e. The van der Waals surface area contributed by atoms with Crippen LogP contribution in [-0.2, 0) is 42.7 Å². The summed E-state index contributed by atoms with van der Waals surface area (Å²) in [5.41, 5.74) is 0.922. The van der Waals surface area contributed by atoms with Gasteiger partial charge in [-0.15, -0.1) is 0 Å². The normalized spacial score (nSPS) is 40.2. The first-order valence-corrected chi connectivity index (χ1v) is 24.7. The van der Waals surface area contributed by atoms with Crippen molar-refractivity contribution in [1.29, 1.82) is 0 Å². The zero-order valence-corrected chi connectivity index (χ0v) is 40.0. The van der Waals surface area contributed by atoms with E-state index in [4.69, 9.17) is 38.3 Å². The Kier molecular flexibility index (Phi) is 21.0. The van der Waals surface area contributed by atoms with Crippen LogP contribution in [0.25, 0.3) is 0 Å². The summed E-state index contributed by atoms with van der Waals surface area (Å²) in [6, 6.07) is 0. The van der Waals surface area contributed by atoms with E-state index in [0.29, 0.717) is 44.9 Å². The van der Waals surface area contributed by atoms with E-state index in [1.165, 1.54) is 6.08 Å². The third-order valence-corrected chi connectivity index (χ3v) is 13.9.